The Morgan fingerprint density at radius 2 is 2.44 bits per heavy atom. The molecule has 2 aromatic heterocycles. The van der Waals surface area contributed by atoms with Crippen molar-refractivity contribution >= 4 is 17.3 Å². The number of methoxy groups -OCH3 is 1. The number of ether oxygens (including phenoxy) is 1. The summed E-state index contributed by atoms with van der Waals surface area (Å²) >= 11 is 0. The van der Waals surface area contributed by atoms with Gasteiger partial charge >= 0.3 is 5.97 Å². The van der Waals surface area contributed by atoms with Gasteiger partial charge in [0.15, 0.2) is 5.82 Å². The Morgan fingerprint density at radius 1 is 1.56 bits per heavy atom. The monoisotopic (exact) mass is 220 g/mol. The van der Waals surface area contributed by atoms with E-state index in [9.17, 15) is 4.79 Å². The SMILES string of the molecule is COC(=O)CCNc1nccn2nccc12. The van der Waals surface area contributed by atoms with Crippen molar-refractivity contribution in [2.45, 2.75) is 6.42 Å². The highest BCUT2D eigenvalue weighted by molar-refractivity contribution is 5.71. The van der Waals surface area contributed by atoms with E-state index in [1.807, 2.05) is 6.07 Å². The van der Waals surface area contributed by atoms with Crippen LogP contribution in [-0.4, -0.2) is 34.2 Å². The van der Waals surface area contributed by atoms with Crippen molar-refractivity contribution in [1.82, 2.24) is 14.6 Å². The number of nitrogens with zero attached hydrogens (tertiary/aromatic N) is 3. The molecule has 6 nitrogen and oxygen atoms in total. The van der Waals surface area contributed by atoms with Crippen LogP contribution in [0.2, 0.25) is 0 Å². The summed E-state index contributed by atoms with van der Waals surface area (Å²) in [5.74, 6) is 0.469. The third-order valence-corrected chi connectivity index (χ3v) is 2.17. The minimum atomic E-state index is -0.243. The van der Waals surface area contributed by atoms with E-state index in [1.54, 1.807) is 23.1 Å². The molecule has 2 rings (SSSR count). The lowest BCUT2D eigenvalue weighted by Gasteiger charge is -2.05. The van der Waals surface area contributed by atoms with E-state index in [1.165, 1.54) is 7.11 Å². The first-order valence-corrected chi connectivity index (χ1v) is 4.90. The lowest BCUT2D eigenvalue weighted by Crippen LogP contribution is -2.11. The summed E-state index contributed by atoms with van der Waals surface area (Å²) in [5, 5.41) is 7.15. The van der Waals surface area contributed by atoms with Crippen molar-refractivity contribution in [3.63, 3.8) is 0 Å². The van der Waals surface area contributed by atoms with Gasteiger partial charge in [0, 0.05) is 18.9 Å². The number of hydrogen-bond donors (Lipinski definition) is 1. The number of nitrogens with one attached hydrogen (secondary N) is 1. The zero-order valence-corrected chi connectivity index (χ0v) is 8.88. The summed E-state index contributed by atoms with van der Waals surface area (Å²) < 4.78 is 6.26. The van der Waals surface area contributed by atoms with Crippen LogP contribution in [0.25, 0.3) is 5.52 Å². The summed E-state index contributed by atoms with van der Waals surface area (Å²) in [4.78, 5) is 15.1. The molecule has 0 atom stereocenters. The third-order valence-electron chi connectivity index (χ3n) is 2.17. The fourth-order valence-corrected chi connectivity index (χ4v) is 1.38. The minimum absolute atomic E-state index is 0.243. The van der Waals surface area contributed by atoms with Crippen molar-refractivity contribution in [2.24, 2.45) is 0 Å². The van der Waals surface area contributed by atoms with Gasteiger partial charge in [0.25, 0.3) is 0 Å². The molecule has 1 N–H and O–H groups in total. The molecule has 84 valence electrons. The molecule has 0 fully saturated rings. The Bertz CT molecular complexity index is 494. The number of hydrogen-bond acceptors (Lipinski definition) is 5. The fourth-order valence-electron chi connectivity index (χ4n) is 1.38. The van der Waals surface area contributed by atoms with E-state index in [4.69, 9.17) is 0 Å². The van der Waals surface area contributed by atoms with Gasteiger partial charge in [-0.2, -0.15) is 5.10 Å². The molecular weight excluding hydrogens is 208 g/mol. The number of anilines is 1. The molecule has 0 aliphatic rings. The highest BCUT2D eigenvalue weighted by Crippen LogP contribution is 2.11. The molecule has 0 spiro atoms. The van der Waals surface area contributed by atoms with Gasteiger partial charge in [0.2, 0.25) is 0 Å². The van der Waals surface area contributed by atoms with E-state index >= 15 is 0 Å². The van der Waals surface area contributed by atoms with Gasteiger partial charge in [0.1, 0.15) is 5.52 Å². The highest BCUT2D eigenvalue weighted by atomic mass is 16.5. The molecule has 0 unspecified atom stereocenters. The standard InChI is InChI=1S/C10H12N4O2/c1-16-9(15)3-4-11-10-8-2-5-13-14(8)7-6-12-10/h2,5-7H,3-4H2,1H3,(H,11,12). The summed E-state index contributed by atoms with van der Waals surface area (Å²) in [6, 6.07) is 1.85. The van der Waals surface area contributed by atoms with Gasteiger partial charge in [-0.1, -0.05) is 0 Å². The normalized spacial score (nSPS) is 10.3. The molecule has 0 amide bonds. The molecule has 2 aromatic rings. The zero-order valence-electron chi connectivity index (χ0n) is 8.88. The Kier molecular flexibility index (Phi) is 3.00. The average Bonchev–Trinajstić information content (AvgIpc) is 2.77. The second-order valence-corrected chi connectivity index (χ2v) is 3.19. The Morgan fingerprint density at radius 3 is 3.25 bits per heavy atom. The quantitative estimate of drug-likeness (QED) is 0.768. The molecular formula is C10H12N4O2. The fraction of sp³-hybridized carbons (Fsp3) is 0.300. The summed E-state index contributed by atoms with van der Waals surface area (Å²) in [6.07, 6.45) is 5.43. The second-order valence-electron chi connectivity index (χ2n) is 3.19. The molecule has 0 saturated carbocycles. The summed E-state index contributed by atoms with van der Waals surface area (Å²) in [5.41, 5.74) is 0.882. The molecule has 0 aliphatic heterocycles. The summed E-state index contributed by atoms with van der Waals surface area (Å²) in [7, 11) is 1.37. The van der Waals surface area contributed by atoms with Crippen LogP contribution in [0.1, 0.15) is 6.42 Å². The van der Waals surface area contributed by atoms with Crippen LogP contribution in [0.4, 0.5) is 5.82 Å². The van der Waals surface area contributed by atoms with Gasteiger partial charge in [0.05, 0.1) is 19.7 Å². The maximum atomic E-state index is 10.9. The topological polar surface area (TPSA) is 68.5 Å². The van der Waals surface area contributed by atoms with Crippen molar-refractivity contribution in [3.05, 3.63) is 24.7 Å². The summed E-state index contributed by atoms with van der Waals surface area (Å²) in [6.45, 7) is 0.491. The van der Waals surface area contributed by atoms with Crippen LogP contribution in [0.15, 0.2) is 24.7 Å². The predicted octanol–water partition coefficient (Wildman–Crippen LogP) is 0.704. The Labute approximate surface area is 92.2 Å². The first kappa shape index (κ1) is 10.4. The van der Waals surface area contributed by atoms with Crippen LogP contribution in [0, 0.1) is 0 Å². The van der Waals surface area contributed by atoms with Crippen LogP contribution < -0.4 is 5.32 Å². The number of carbonyl (C=O) groups excluding carboxylic acids is 1. The number of rotatable bonds is 4. The van der Waals surface area contributed by atoms with Crippen LogP contribution in [-0.2, 0) is 9.53 Å². The Balaban J connectivity index is 2.04. The van der Waals surface area contributed by atoms with Crippen LogP contribution in [0.5, 0.6) is 0 Å². The van der Waals surface area contributed by atoms with E-state index in [0.717, 1.165) is 5.52 Å². The van der Waals surface area contributed by atoms with Gasteiger partial charge in [-0.05, 0) is 6.07 Å². The number of aromatic nitrogens is 3. The van der Waals surface area contributed by atoms with E-state index < -0.39 is 0 Å². The Hall–Kier alpha value is -2.11. The molecule has 0 aliphatic carbocycles. The average molecular weight is 220 g/mol. The number of carbonyl (C=O) groups is 1. The van der Waals surface area contributed by atoms with Crippen molar-refractivity contribution in [2.75, 3.05) is 19.0 Å². The number of esters is 1. The molecule has 0 saturated heterocycles. The molecule has 6 heteroatoms. The molecule has 2 heterocycles. The molecule has 0 radical (unpaired) electrons. The lowest BCUT2D eigenvalue weighted by molar-refractivity contribution is -0.140. The first-order valence-electron chi connectivity index (χ1n) is 4.90. The second kappa shape index (κ2) is 4.61. The lowest BCUT2D eigenvalue weighted by atomic mass is 10.4. The zero-order chi connectivity index (χ0) is 11.4. The van der Waals surface area contributed by atoms with E-state index in [-0.39, 0.29) is 5.97 Å². The predicted molar refractivity (Wildman–Crippen MR) is 58.1 cm³/mol. The first-order chi connectivity index (χ1) is 7.81. The highest BCUT2D eigenvalue weighted by Gasteiger charge is 2.04. The number of fused-ring (bicyclic) bond motifs is 1. The van der Waals surface area contributed by atoms with Crippen LogP contribution in [0.3, 0.4) is 0 Å². The van der Waals surface area contributed by atoms with Crippen molar-refractivity contribution in [1.29, 1.82) is 0 Å². The van der Waals surface area contributed by atoms with Crippen molar-refractivity contribution in [3.8, 4) is 0 Å². The largest absolute Gasteiger partial charge is 0.469 e. The molecule has 0 aromatic carbocycles. The smallest absolute Gasteiger partial charge is 0.307 e. The van der Waals surface area contributed by atoms with E-state index in [2.05, 4.69) is 20.1 Å². The van der Waals surface area contributed by atoms with Crippen LogP contribution >= 0.6 is 0 Å². The van der Waals surface area contributed by atoms with E-state index in [0.29, 0.717) is 18.8 Å². The van der Waals surface area contributed by atoms with Gasteiger partial charge < -0.3 is 10.1 Å². The third kappa shape index (κ3) is 2.10. The van der Waals surface area contributed by atoms with Gasteiger partial charge in [-0.25, -0.2) is 9.50 Å². The minimum Gasteiger partial charge on any atom is -0.469 e. The van der Waals surface area contributed by atoms with Gasteiger partial charge in [-0.15, -0.1) is 0 Å². The molecule has 16 heavy (non-hydrogen) atoms. The van der Waals surface area contributed by atoms with Gasteiger partial charge in [-0.3, -0.25) is 4.79 Å². The maximum absolute atomic E-state index is 10.9. The maximum Gasteiger partial charge on any atom is 0.307 e. The van der Waals surface area contributed by atoms with Crippen molar-refractivity contribution < 1.29 is 9.53 Å². The molecule has 0 bridgehead atoms.